The maximum Gasteiger partial charge on any atom is 0.460 e. The number of hydrogen-bond acceptors (Lipinski definition) is 0. The fraction of sp³-hybridized carbons (Fsp3) is 0.684. The van der Waals surface area contributed by atoms with E-state index in [2.05, 4.69) is 0 Å². The summed E-state index contributed by atoms with van der Waals surface area (Å²) in [6.07, 6.45) is -8.23. The molecule has 0 saturated heterocycles. The lowest BCUT2D eigenvalue weighted by atomic mass is 9.83. The van der Waals surface area contributed by atoms with E-state index in [9.17, 15) is 119 Å². The SMILES string of the molecule is FC(F)(F)C(F)(F)C(F)(F)C(F)(F)C(F)(F)C(F)(F)C(F)(F)C(F)(F)C(F)(F)C(F)(F)C(F)(F)C(F)(F)C(F)(F)c1ccccc1. The first-order valence-electron chi connectivity index (χ1n) is 10.3. The van der Waals surface area contributed by atoms with E-state index >= 15 is 0 Å². The summed E-state index contributed by atoms with van der Waals surface area (Å²) in [5.41, 5.74) is -2.57. The van der Waals surface area contributed by atoms with E-state index in [1.54, 1.807) is 0 Å². The highest BCUT2D eigenvalue weighted by atomic mass is 19.4. The first-order valence-corrected chi connectivity index (χ1v) is 10.3. The molecule has 0 radical (unpaired) electrons. The summed E-state index contributed by atoms with van der Waals surface area (Å²) in [6.45, 7) is 0. The maximum atomic E-state index is 14.0. The molecule has 270 valence electrons. The third-order valence-electron chi connectivity index (χ3n) is 5.83. The molecule has 0 aliphatic heterocycles. The zero-order valence-electron chi connectivity index (χ0n) is 20.1. The van der Waals surface area contributed by atoms with Crippen molar-refractivity contribution in [2.45, 2.75) is 77.2 Å². The summed E-state index contributed by atoms with van der Waals surface area (Å²) in [7, 11) is 0. The first kappa shape index (κ1) is 41.4. The zero-order chi connectivity index (χ0) is 37.6. The molecule has 46 heavy (non-hydrogen) atoms. The largest absolute Gasteiger partial charge is 0.460 e. The minimum atomic E-state index is -9.77. The van der Waals surface area contributed by atoms with Gasteiger partial charge in [-0.15, -0.1) is 0 Å². The van der Waals surface area contributed by atoms with Crippen LogP contribution in [0.4, 0.5) is 119 Å². The van der Waals surface area contributed by atoms with Crippen molar-refractivity contribution < 1.29 is 119 Å². The predicted molar refractivity (Wildman–Crippen MR) is 90.8 cm³/mol. The lowest BCUT2D eigenvalue weighted by Crippen LogP contribution is -2.78. The van der Waals surface area contributed by atoms with Gasteiger partial charge < -0.3 is 0 Å². The monoisotopic (exact) mass is 746 g/mol. The molecule has 0 amide bonds. The average Bonchev–Trinajstić information content (AvgIpc) is 2.87. The molecule has 0 bridgehead atoms. The molecule has 0 aliphatic rings. The van der Waals surface area contributed by atoms with Crippen molar-refractivity contribution in [2.24, 2.45) is 0 Å². The molecule has 1 aromatic carbocycles. The van der Waals surface area contributed by atoms with Crippen LogP contribution in [0.5, 0.6) is 0 Å². The van der Waals surface area contributed by atoms with Crippen molar-refractivity contribution in [3.63, 3.8) is 0 Å². The maximum absolute atomic E-state index is 14.0. The molecule has 1 rings (SSSR count). The molecule has 0 fully saturated rings. The molecule has 0 nitrogen and oxygen atoms in total. The molecule has 0 atom stereocenters. The van der Waals surface area contributed by atoms with Crippen LogP contribution in [0.3, 0.4) is 0 Å². The predicted octanol–water partition coefficient (Wildman–Crippen LogP) is 10.3. The Morgan fingerprint density at radius 3 is 0.652 bits per heavy atom. The first-order chi connectivity index (χ1) is 19.6. The number of hydrogen-bond donors (Lipinski definition) is 0. The van der Waals surface area contributed by atoms with E-state index in [1.807, 2.05) is 0 Å². The molecule has 27 heteroatoms. The third-order valence-corrected chi connectivity index (χ3v) is 5.83. The Hall–Kier alpha value is -2.67. The lowest BCUT2D eigenvalue weighted by Gasteiger charge is -2.46. The lowest BCUT2D eigenvalue weighted by molar-refractivity contribution is -0.485. The van der Waals surface area contributed by atoms with Gasteiger partial charge in [-0.2, -0.15) is 119 Å². The number of rotatable bonds is 12. The number of halogens is 27. The van der Waals surface area contributed by atoms with Crippen molar-refractivity contribution in [1.82, 2.24) is 0 Å². The smallest absolute Gasteiger partial charge is 0.194 e. The fourth-order valence-corrected chi connectivity index (χ4v) is 2.98. The summed E-state index contributed by atoms with van der Waals surface area (Å²) in [4.78, 5) is 0. The van der Waals surface area contributed by atoms with Crippen molar-refractivity contribution in [2.75, 3.05) is 0 Å². The van der Waals surface area contributed by atoms with Gasteiger partial charge >= 0.3 is 77.2 Å². The minimum Gasteiger partial charge on any atom is -0.194 e. The topological polar surface area (TPSA) is 0 Å². The number of benzene rings is 1. The van der Waals surface area contributed by atoms with Crippen LogP contribution in [-0.2, 0) is 5.92 Å². The molecule has 0 heterocycles. The van der Waals surface area contributed by atoms with Crippen molar-refractivity contribution in [3.05, 3.63) is 35.9 Å². The van der Waals surface area contributed by atoms with Crippen LogP contribution < -0.4 is 0 Å². The van der Waals surface area contributed by atoms with Crippen LogP contribution >= 0.6 is 0 Å². The molecular weight excluding hydrogens is 741 g/mol. The van der Waals surface area contributed by atoms with Gasteiger partial charge in [0.05, 0.1) is 0 Å². The van der Waals surface area contributed by atoms with E-state index in [0.717, 1.165) is 0 Å². The quantitative estimate of drug-likeness (QED) is 0.187. The third kappa shape index (κ3) is 4.72. The standard InChI is InChI=1S/C19H5F27/c20-7(21,6-4-2-1-3-5-6)8(22,23)9(24,25)10(26,27)11(28,29)12(30,31)13(32,33)14(34,35)15(36,37)16(38,39)17(40,41)18(42,43)19(44,45)46/h1-5H. The second kappa shape index (κ2) is 10.4. The van der Waals surface area contributed by atoms with E-state index in [4.69, 9.17) is 0 Å². The van der Waals surface area contributed by atoms with Gasteiger partial charge in [-0.3, -0.25) is 0 Å². The van der Waals surface area contributed by atoms with Crippen molar-refractivity contribution >= 4 is 0 Å². The van der Waals surface area contributed by atoms with E-state index < -0.39 is 82.8 Å². The van der Waals surface area contributed by atoms with Crippen LogP contribution in [0.2, 0.25) is 0 Å². The molecular formula is C19H5F27. The van der Waals surface area contributed by atoms with Crippen LogP contribution in [0.15, 0.2) is 30.3 Å². The van der Waals surface area contributed by atoms with Crippen molar-refractivity contribution in [3.8, 4) is 0 Å². The Kier molecular flexibility index (Phi) is 9.36. The summed E-state index contributed by atoms with van der Waals surface area (Å²) in [5.74, 6) is -109. The summed E-state index contributed by atoms with van der Waals surface area (Å²) in [5, 5.41) is 0. The molecule has 0 aliphatic carbocycles. The van der Waals surface area contributed by atoms with E-state index in [-0.39, 0.29) is 24.3 Å². The van der Waals surface area contributed by atoms with Gasteiger partial charge in [-0.1, -0.05) is 30.3 Å². The van der Waals surface area contributed by atoms with Gasteiger partial charge in [-0.05, 0) is 0 Å². The Labute approximate surface area is 233 Å². The Balaban J connectivity index is 3.94. The molecule has 0 aromatic heterocycles. The highest BCUT2D eigenvalue weighted by molar-refractivity contribution is 5.26. The van der Waals surface area contributed by atoms with Gasteiger partial charge in [0.1, 0.15) is 0 Å². The van der Waals surface area contributed by atoms with Gasteiger partial charge in [0.25, 0.3) is 0 Å². The fourth-order valence-electron chi connectivity index (χ4n) is 2.98. The molecule has 0 spiro atoms. The second-order valence-corrected chi connectivity index (χ2v) is 8.76. The van der Waals surface area contributed by atoms with Crippen LogP contribution in [0, 0.1) is 0 Å². The Morgan fingerprint density at radius 2 is 0.435 bits per heavy atom. The zero-order valence-corrected chi connectivity index (χ0v) is 20.1. The second-order valence-electron chi connectivity index (χ2n) is 8.76. The number of alkyl halides is 27. The molecule has 0 unspecified atom stereocenters. The molecule has 0 saturated carbocycles. The summed E-state index contributed by atoms with van der Waals surface area (Å²) in [6, 6.07) is 0.283. The Bertz CT molecular complexity index is 1240. The van der Waals surface area contributed by atoms with Crippen LogP contribution in [-0.4, -0.2) is 71.3 Å². The molecule has 0 N–H and O–H groups in total. The molecule has 1 aromatic rings. The van der Waals surface area contributed by atoms with E-state index in [1.165, 1.54) is 0 Å². The summed E-state index contributed by atoms with van der Waals surface area (Å²) < 4.78 is 364. The van der Waals surface area contributed by atoms with Gasteiger partial charge in [0.15, 0.2) is 0 Å². The van der Waals surface area contributed by atoms with Gasteiger partial charge in [0.2, 0.25) is 0 Å². The van der Waals surface area contributed by atoms with E-state index in [0.29, 0.717) is 6.07 Å². The Morgan fingerprint density at radius 1 is 0.239 bits per heavy atom. The van der Waals surface area contributed by atoms with Crippen molar-refractivity contribution in [1.29, 1.82) is 0 Å². The normalized spacial score (nSPS) is 16.6. The van der Waals surface area contributed by atoms with Gasteiger partial charge in [-0.25, -0.2) is 0 Å². The van der Waals surface area contributed by atoms with Gasteiger partial charge in [0, 0.05) is 5.56 Å². The van der Waals surface area contributed by atoms with Crippen LogP contribution in [0.1, 0.15) is 5.56 Å². The minimum absolute atomic E-state index is 0.213. The average molecular weight is 746 g/mol. The highest BCUT2D eigenvalue weighted by Crippen LogP contribution is 2.68. The summed E-state index contributed by atoms with van der Waals surface area (Å²) >= 11 is 0. The van der Waals surface area contributed by atoms with Crippen LogP contribution in [0.25, 0.3) is 0 Å². The highest BCUT2D eigenvalue weighted by Gasteiger charge is 3.00.